The molecule has 1 rings (SSSR count). The van der Waals surface area contributed by atoms with E-state index in [0.29, 0.717) is 5.82 Å². The van der Waals surface area contributed by atoms with Gasteiger partial charge in [-0.1, -0.05) is 19.6 Å². The van der Waals surface area contributed by atoms with Gasteiger partial charge in [-0.25, -0.2) is 9.37 Å². The molecule has 0 amide bonds. The molecule has 5 heteroatoms. The molecule has 0 aliphatic heterocycles. The van der Waals surface area contributed by atoms with Crippen molar-refractivity contribution in [1.82, 2.24) is 4.98 Å². The molecule has 1 heterocycles. The van der Waals surface area contributed by atoms with E-state index in [2.05, 4.69) is 4.98 Å². The first-order chi connectivity index (χ1) is 6.73. The summed E-state index contributed by atoms with van der Waals surface area (Å²) in [6.45, 7) is 5.68. The van der Waals surface area contributed by atoms with E-state index in [0.717, 1.165) is 0 Å². The van der Waals surface area contributed by atoms with E-state index in [1.807, 2.05) is 19.6 Å². The zero-order valence-electron chi connectivity index (χ0n) is 9.73. The van der Waals surface area contributed by atoms with Crippen molar-refractivity contribution in [1.29, 1.82) is 0 Å². The second kappa shape index (κ2) is 3.88. The molecule has 0 aliphatic rings. The van der Waals surface area contributed by atoms with Gasteiger partial charge >= 0.3 is 0 Å². The van der Waals surface area contributed by atoms with Crippen LogP contribution >= 0.6 is 0 Å². The van der Waals surface area contributed by atoms with Crippen LogP contribution in [0.2, 0.25) is 19.6 Å². The summed E-state index contributed by atoms with van der Waals surface area (Å²) in [5, 5.41) is 0.174. The Labute approximate surface area is 89.9 Å². The summed E-state index contributed by atoms with van der Waals surface area (Å²) in [6.07, 6.45) is 0. The van der Waals surface area contributed by atoms with Gasteiger partial charge in [0, 0.05) is 25.3 Å². The van der Waals surface area contributed by atoms with Gasteiger partial charge in [-0.05, 0) is 0 Å². The first-order valence-corrected chi connectivity index (χ1v) is 8.27. The van der Waals surface area contributed by atoms with Crippen LogP contribution in [0, 0.1) is 11.8 Å². The van der Waals surface area contributed by atoms with E-state index < -0.39 is 19.8 Å². The summed E-state index contributed by atoms with van der Waals surface area (Å²) < 4.78 is 27.3. The molecule has 0 spiro atoms. The van der Waals surface area contributed by atoms with Crippen molar-refractivity contribution in [2.75, 3.05) is 19.0 Å². The molecule has 0 atom stereocenters. The van der Waals surface area contributed by atoms with Crippen LogP contribution in [0.3, 0.4) is 0 Å². The smallest absolute Gasteiger partial charge is 0.216 e. The van der Waals surface area contributed by atoms with Gasteiger partial charge in [0.15, 0.2) is 0 Å². The highest BCUT2D eigenvalue weighted by Gasteiger charge is 2.26. The SMILES string of the molecule is CN(C)c1cc(F)c([Si](C)(C)C)c(F)n1. The number of halogens is 2. The molecule has 1 aromatic rings. The van der Waals surface area contributed by atoms with Crippen LogP contribution in [0.15, 0.2) is 6.07 Å². The number of aromatic nitrogens is 1. The topological polar surface area (TPSA) is 16.1 Å². The van der Waals surface area contributed by atoms with E-state index in [9.17, 15) is 8.78 Å². The molecule has 1 aromatic heterocycles. The van der Waals surface area contributed by atoms with Crippen LogP contribution in [0.1, 0.15) is 0 Å². The Morgan fingerprint density at radius 2 is 1.73 bits per heavy atom. The molecule has 0 bridgehead atoms. The molecule has 0 saturated heterocycles. The molecule has 0 fully saturated rings. The summed E-state index contributed by atoms with van der Waals surface area (Å²) in [6, 6.07) is 1.29. The standard InChI is InChI=1S/C10H16F2N2Si/c1-14(2)8-6-7(11)9(10(12)13-8)15(3,4)5/h6H,1-5H3. The Morgan fingerprint density at radius 1 is 1.20 bits per heavy atom. The molecule has 0 aliphatic carbocycles. The Bertz CT molecular complexity index is 349. The van der Waals surface area contributed by atoms with Crippen LogP contribution in [0.4, 0.5) is 14.6 Å². The van der Waals surface area contributed by atoms with E-state index >= 15 is 0 Å². The Hall–Kier alpha value is -0.973. The fraction of sp³-hybridized carbons (Fsp3) is 0.500. The third kappa shape index (κ3) is 2.53. The van der Waals surface area contributed by atoms with Gasteiger partial charge in [0.2, 0.25) is 5.95 Å². The van der Waals surface area contributed by atoms with E-state index in [1.54, 1.807) is 19.0 Å². The van der Waals surface area contributed by atoms with Crippen LogP contribution in [0.25, 0.3) is 0 Å². The lowest BCUT2D eigenvalue weighted by Gasteiger charge is -2.20. The number of anilines is 1. The lowest BCUT2D eigenvalue weighted by molar-refractivity contribution is 0.564. The third-order valence-corrected chi connectivity index (χ3v) is 4.07. The number of hydrogen-bond acceptors (Lipinski definition) is 2. The fourth-order valence-electron chi connectivity index (χ4n) is 1.37. The van der Waals surface area contributed by atoms with E-state index in [1.165, 1.54) is 6.07 Å². The summed E-state index contributed by atoms with van der Waals surface area (Å²) in [5.41, 5.74) is 0. The zero-order valence-corrected chi connectivity index (χ0v) is 10.7. The minimum Gasteiger partial charge on any atom is -0.363 e. The monoisotopic (exact) mass is 230 g/mol. The van der Waals surface area contributed by atoms with Crippen molar-refractivity contribution >= 4 is 19.1 Å². The van der Waals surface area contributed by atoms with Crippen molar-refractivity contribution < 1.29 is 8.78 Å². The summed E-state index contributed by atoms with van der Waals surface area (Å²) >= 11 is 0. The lowest BCUT2D eigenvalue weighted by atomic mass is 10.4. The number of rotatable bonds is 2. The average Bonchev–Trinajstić information content (AvgIpc) is 1.99. The van der Waals surface area contributed by atoms with Gasteiger partial charge in [-0.2, -0.15) is 4.39 Å². The second-order valence-corrected chi connectivity index (χ2v) is 9.77. The van der Waals surface area contributed by atoms with Crippen LogP contribution in [-0.2, 0) is 0 Å². The van der Waals surface area contributed by atoms with Gasteiger partial charge in [-0.15, -0.1) is 0 Å². The molecular weight excluding hydrogens is 214 g/mol. The maximum Gasteiger partial charge on any atom is 0.216 e. The van der Waals surface area contributed by atoms with Gasteiger partial charge in [0.25, 0.3) is 0 Å². The maximum absolute atomic E-state index is 13.7. The minimum absolute atomic E-state index is 0.174. The van der Waals surface area contributed by atoms with Crippen LogP contribution < -0.4 is 10.1 Å². The second-order valence-electron chi connectivity index (χ2n) is 4.77. The minimum atomic E-state index is -2.01. The summed E-state index contributed by atoms with van der Waals surface area (Å²) in [7, 11) is 1.40. The highest BCUT2D eigenvalue weighted by atomic mass is 28.3. The number of nitrogens with zero attached hydrogens (tertiary/aromatic N) is 2. The highest BCUT2D eigenvalue weighted by molar-refractivity contribution is 6.88. The van der Waals surface area contributed by atoms with Crippen LogP contribution in [-0.4, -0.2) is 27.2 Å². The molecule has 0 saturated carbocycles. The molecule has 2 nitrogen and oxygen atoms in total. The third-order valence-electron chi connectivity index (χ3n) is 2.12. The Balaban J connectivity index is 3.34. The predicted octanol–water partition coefficient (Wildman–Crippen LogP) is 1.97. The van der Waals surface area contributed by atoms with Crippen molar-refractivity contribution in [3.63, 3.8) is 0 Å². The van der Waals surface area contributed by atoms with Crippen molar-refractivity contribution in [2.24, 2.45) is 0 Å². The lowest BCUT2D eigenvalue weighted by Crippen LogP contribution is -2.43. The maximum atomic E-state index is 13.7. The molecule has 0 N–H and O–H groups in total. The van der Waals surface area contributed by atoms with Crippen LogP contribution in [0.5, 0.6) is 0 Å². The van der Waals surface area contributed by atoms with Gasteiger partial charge < -0.3 is 4.90 Å². The largest absolute Gasteiger partial charge is 0.363 e. The highest BCUT2D eigenvalue weighted by Crippen LogP contribution is 2.14. The molecule has 15 heavy (non-hydrogen) atoms. The molecule has 0 radical (unpaired) electrons. The number of hydrogen-bond donors (Lipinski definition) is 0. The van der Waals surface area contributed by atoms with Gasteiger partial charge in [0.05, 0.1) is 8.07 Å². The Morgan fingerprint density at radius 3 is 2.07 bits per heavy atom. The first-order valence-electron chi connectivity index (χ1n) is 4.77. The van der Waals surface area contributed by atoms with Gasteiger partial charge in [-0.3, -0.25) is 0 Å². The van der Waals surface area contributed by atoms with Gasteiger partial charge in [0.1, 0.15) is 11.6 Å². The summed E-state index contributed by atoms with van der Waals surface area (Å²) in [5.74, 6) is -0.838. The van der Waals surface area contributed by atoms with Crippen molar-refractivity contribution in [2.45, 2.75) is 19.6 Å². The van der Waals surface area contributed by atoms with E-state index in [-0.39, 0.29) is 5.19 Å². The molecule has 84 valence electrons. The summed E-state index contributed by atoms with van der Waals surface area (Å²) in [4.78, 5) is 5.34. The molecule has 0 unspecified atom stereocenters. The molecule has 0 aromatic carbocycles. The first kappa shape index (κ1) is 12.1. The number of pyridine rings is 1. The average molecular weight is 230 g/mol. The van der Waals surface area contributed by atoms with Crippen molar-refractivity contribution in [3.8, 4) is 0 Å². The Kier molecular flexibility index (Phi) is 3.13. The van der Waals surface area contributed by atoms with Crippen molar-refractivity contribution in [3.05, 3.63) is 17.8 Å². The fourth-order valence-corrected chi connectivity index (χ4v) is 2.83. The van der Waals surface area contributed by atoms with E-state index in [4.69, 9.17) is 0 Å². The normalized spacial score (nSPS) is 11.7. The zero-order chi connectivity index (χ0) is 11.8. The predicted molar refractivity (Wildman–Crippen MR) is 61.5 cm³/mol. The quantitative estimate of drug-likeness (QED) is 0.570. The molecular formula is C10H16F2N2Si.